The summed E-state index contributed by atoms with van der Waals surface area (Å²) in [6, 6.07) is 4.32. The smallest absolute Gasteiger partial charge is 0.272 e. The topological polar surface area (TPSA) is 83.7 Å². The normalized spacial score (nSPS) is 19.0. The fourth-order valence-electron chi connectivity index (χ4n) is 2.10. The summed E-state index contributed by atoms with van der Waals surface area (Å²) in [5.74, 6) is -0.190. The molecule has 0 spiro atoms. The van der Waals surface area contributed by atoms with Gasteiger partial charge in [-0.15, -0.1) is 0 Å². The van der Waals surface area contributed by atoms with Gasteiger partial charge in [-0.25, -0.2) is 0 Å². The molecule has 0 radical (unpaired) electrons. The number of likely N-dealkylation sites (tertiary alicyclic amines) is 1. The van der Waals surface area contributed by atoms with Gasteiger partial charge in [0.05, 0.1) is 11.0 Å². The third kappa shape index (κ3) is 2.33. The summed E-state index contributed by atoms with van der Waals surface area (Å²) < 4.78 is 0. The maximum Gasteiger partial charge on any atom is 0.272 e. The zero-order valence-corrected chi connectivity index (χ0v) is 10.00. The zero-order chi connectivity index (χ0) is 13.3. The molecule has 0 aliphatic carbocycles. The Bertz CT molecular complexity index is 501. The van der Waals surface area contributed by atoms with Gasteiger partial charge in [0.15, 0.2) is 0 Å². The summed E-state index contributed by atoms with van der Waals surface area (Å²) in [4.78, 5) is 23.8. The van der Waals surface area contributed by atoms with Crippen molar-refractivity contribution in [1.82, 2.24) is 4.90 Å². The molecule has 6 nitrogen and oxygen atoms in total. The standard InChI is InChI=1S/C12H14N2O4/c1-8-6-9(2-3-11(8)14(17)18)12(16)13-5-4-10(15)7-13/h2-3,6,10,15H,4-5,7H2,1H3/t10-/m0/s1. The van der Waals surface area contributed by atoms with Gasteiger partial charge in [-0.3, -0.25) is 14.9 Å². The molecule has 2 rings (SSSR count). The first-order valence-corrected chi connectivity index (χ1v) is 5.71. The molecule has 0 saturated carbocycles. The molecule has 96 valence electrons. The Labute approximate surface area is 104 Å². The Morgan fingerprint density at radius 1 is 1.56 bits per heavy atom. The number of nitro benzene ring substituents is 1. The van der Waals surface area contributed by atoms with E-state index in [1.807, 2.05) is 0 Å². The molecule has 18 heavy (non-hydrogen) atoms. The zero-order valence-electron chi connectivity index (χ0n) is 10.00. The number of β-amino-alcohol motifs (C(OH)–C–C–N with tert-alkyl or cyclic N) is 1. The molecule has 1 N–H and O–H groups in total. The van der Waals surface area contributed by atoms with E-state index < -0.39 is 11.0 Å². The van der Waals surface area contributed by atoms with Gasteiger partial charge in [0, 0.05) is 30.3 Å². The van der Waals surface area contributed by atoms with Crippen LogP contribution in [-0.2, 0) is 0 Å². The molecule has 6 heteroatoms. The van der Waals surface area contributed by atoms with Crippen LogP contribution in [0.1, 0.15) is 22.3 Å². The van der Waals surface area contributed by atoms with E-state index >= 15 is 0 Å². The molecule has 1 amide bonds. The van der Waals surface area contributed by atoms with Crippen molar-refractivity contribution in [2.24, 2.45) is 0 Å². The molecule has 0 aromatic heterocycles. The van der Waals surface area contributed by atoms with Crippen LogP contribution in [0, 0.1) is 17.0 Å². The van der Waals surface area contributed by atoms with Crippen molar-refractivity contribution >= 4 is 11.6 Å². The molecule has 1 aromatic rings. The average Bonchev–Trinajstić information content (AvgIpc) is 2.74. The summed E-state index contributed by atoms with van der Waals surface area (Å²) >= 11 is 0. The van der Waals surface area contributed by atoms with Crippen molar-refractivity contribution < 1.29 is 14.8 Å². The van der Waals surface area contributed by atoms with Crippen molar-refractivity contribution in [2.45, 2.75) is 19.4 Å². The quantitative estimate of drug-likeness (QED) is 0.629. The maximum absolute atomic E-state index is 12.1. The molecular formula is C12H14N2O4. The maximum atomic E-state index is 12.1. The van der Waals surface area contributed by atoms with E-state index in [2.05, 4.69) is 0 Å². The van der Waals surface area contributed by atoms with E-state index in [1.165, 1.54) is 18.2 Å². The SMILES string of the molecule is Cc1cc(C(=O)N2CC[C@H](O)C2)ccc1[N+](=O)[O-]. The fourth-order valence-corrected chi connectivity index (χ4v) is 2.10. The monoisotopic (exact) mass is 250 g/mol. The van der Waals surface area contributed by atoms with Crippen LogP contribution >= 0.6 is 0 Å². The molecule has 1 aliphatic rings. The highest BCUT2D eigenvalue weighted by molar-refractivity contribution is 5.95. The highest BCUT2D eigenvalue weighted by Gasteiger charge is 2.26. The van der Waals surface area contributed by atoms with Crippen molar-refractivity contribution in [3.63, 3.8) is 0 Å². The predicted octanol–water partition coefficient (Wildman–Crippen LogP) is 1.11. The number of nitrogens with zero attached hydrogens (tertiary/aromatic N) is 2. The number of aliphatic hydroxyl groups is 1. The van der Waals surface area contributed by atoms with Crippen LogP contribution in [-0.4, -0.2) is 40.0 Å². The van der Waals surface area contributed by atoms with Gasteiger partial charge in [0.1, 0.15) is 0 Å². The number of carbonyl (C=O) groups excluding carboxylic acids is 1. The van der Waals surface area contributed by atoms with Gasteiger partial charge in [0.2, 0.25) is 0 Å². The number of rotatable bonds is 2. The lowest BCUT2D eigenvalue weighted by atomic mass is 10.1. The minimum absolute atomic E-state index is 0.00741. The van der Waals surface area contributed by atoms with Crippen LogP contribution in [0.4, 0.5) is 5.69 Å². The minimum Gasteiger partial charge on any atom is -0.391 e. The number of aliphatic hydroxyl groups excluding tert-OH is 1. The number of amides is 1. The van der Waals surface area contributed by atoms with E-state index in [0.29, 0.717) is 30.6 Å². The molecule has 0 unspecified atom stereocenters. The highest BCUT2D eigenvalue weighted by Crippen LogP contribution is 2.21. The Morgan fingerprint density at radius 3 is 2.78 bits per heavy atom. The van der Waals surface area contributed by atoms with Crippen molar-refractivity contribution in [1.29, 1.82) is 0 Å². The molecule has 1 saturated heterocycles. The minimum atomic E-state index is -0.469. The number of hydrogen-bond acceptors (Lipinski definition) is 4. The highest BCUT2D eigenvalue weighted by atomic mass is 16.6. The van der Waals surface area contributed by atoms with Crippen LogP contribution in [0.2, 0.25) is 0 Å². The summed E-state index contributed by atoms with van der Waals surface area (Å²) in [5.41, 5.74) is 0.894. The second kappa shape index (κ2) is 4.73. The van der Waals surface area contributed by atoms with Crippen molar-refractivity contribution in [3.8, 4) is 0 Å². The first-order chi connectivity index (χ1) is 8.49. The second-order valence-electron chi connectivity index (χ2n) is 4.45. The number of nitro groups is 1. The molecule has 1 aliphatic heterocycles. The first kappa shape index (κ1) is 12.5. The molecule has 0 bridgehead atoms. The molecule has 1 heterocycles. The van der Waals surface area contributed by atoms with Crippen molar-refractivity contribution in [2.75, 3.05) is 13.1 Å². The summed E-state index contributed by atoms with van der Waals surface area (Å²) in [6.45, 7) is 2.46. The van der Waals surface area contributed by atoms with Gasteiger partial charge < -0.3 is 10.0 Å². The Hall–Kier alpha value is -1.95. The van der Waals surface area contributed by atoms with E-state index in [1.54, 1.807) is 11.8 Å². The lowest BCUT2D eigenvalue weighted by Gasteiger charge is -2.15. The molecule has 1 aromatic carbocycles. The summed E-state index contributed by atoms with van der Waals surface area (Å²) in [5, 5.41) is 20.1. The molecule has 1 atom stereocenters. The number of aryl methyl sites for hydroxylation is 1. The number of benzene rings is 1. The number of carbonyl (C=O) groups is 1. The molecular weight excluding hydrogens is 236 g/mol. The number of hydrogen-bond donors (Lipinski definition) is 1. The lowest BCUT2D eigenvalue weighted by molar-refractivity contribution is -0.385. The van der Waals surface area contributed by atoms with Gasteiger partial charge in [-0.1, -0.05) is 0 Å². The average molecular weight is 250 g/mol. The van der Waals surface area contributed by atoms with Crippen LogP contribution in [0.25, 0.3) is 0 Å². The second-order valence-corrected chi connectivity index (χ2v) is 4.45. The Balaban J connectivity index is 2.21. The van der Waals surface area contributed by atoms with Gasteiger partial charge in [0.25, 0.3) is 11.6 Å². The van der Waals surface area contributed by atoms with E-state index in [4.69, 9.17) is 0 Å². The Morgan fingerprint density at radius 2 is 2.28 bits per heavy atom. The molecule has 1 fully saturated rings. The third-order valence-corrected chi connectivity index (χ3v) is 3.09. The fraction of sp³-hybridized carbons (Fsp3) is 0.417. The largest absolute Gasteiger partial charge is 0.391 e. The van der Waals surface area contributed by atoms with Crippen LogP contribution < -0.4 is 0 Å². The van der Waals surface area contributed by atoms with Crippen LogP contribution in [0.5, 0.6) is 0 Å². The van der Waals surface area contributed by atoms with Gasteiger partial charge >= 0.3 is 0 Å². The predicted molar refractivity (Wildman–Crippen MR) is 64.4 cm³/mol. The summed E-state index contributed by atoms with van der Waals surface area (Å²) in [7, 11) is 0. The van der Waals surface area contributed by atoms with Crippen LogP contribution in [0.15, 0.2) is 18.2 Å². The van der Waals surface area contributed by atoms with Crippen LogP contribution in [0.3, 0.4) is 0 Å². The lowest BCUT2D eigenvalue weighted by Crippen LogP contribution is -2.29. The van der Waals surface area contributed by atoms with E-state index in [-0.39, 0.29) is 11.6 Å². The summed E-state index contributed by atoms with van der Waals surface area (Å²) in [6.07, 6.45) is 0.116. The van der Waals surface area contributed by atoms with Crippen molar-refractivity contribution in [3.05, 3.63) is 39.4 Å². The Kier molecular flexibility index (Phi) is 3.29. The third-order valence-electron chi connectivity index (χ3n) is 3.09. The van der Waals surface area contributed by atoms with E-state index in [0.717, 1.165) is 0 Å². The van der Waals surface area contributed by atoms with E-state index in [9.17, 15) is 20.0 Å². The van der Waals surface area contributed by atoms with Gasteiger partial charge in [-0.2, -0.15) is 0 Å². The van der Waals surface area contributed by atoms with Gasteiger partial charge in [-0.05, 0) is 25.5 Å². The first-order valence-electron chi connectivity index (χ1n) is 5.71.